The molecule has 2 aromatic rings. The van der Waals surface area contributed by atoms with Crippen molar-refractivity contribution in [3.8, 4) is 5.75 Å². The van der Waals surface area contributed by atoms with Gasteiger partial charge in [-0.25, -0.2) is 0 Å². The molecule has 2 aliphatic rings. The lowest BCUT2D eigenvalue weighted by Gasteiger charge is -2.35. The molecule has 2 atom stereocenters. The standard InChI is InChI=1S/C26H35N3O4/c1-28-10-8-20(15-25(28)31)23-7-9-27-16-24(23)26(32)29(21-5-6-21)17-19-12-18(4-3-11-33-2)13-22(30)14-19/h8,10,12-15,21,23-24,27,30H,3-7,9,11,16-17H2,1-2H3/t23-,24+/m1/s1. The molecule has 1 aliphatic carbocycles. The van der Waals surface area contributed by atoms with E-state index in [-0.39, 0.29) is 35.1 Å². The number of hydrogen-bond acceptors (Lipinski definition) is 5. The van der Waals surface area contributed by atoms with Crippen molar-refractivity contribution in [2.24, 2.45) is 13.0 Å². The number of aromatic hydroxyl groups is 1. The number of carbonyl (C=O) groups is 1. The summed E-state index contributed by atoms with van der Waals surface area (Å²) >= 11 is 0. The molecule has 7 heteroatoms. The molecule has 2 N–H and O–H groups in total. The van der Waals surface area contributed by atoms with Crippen molar-refractivity contribution in [3.05, 3.63) is 63.6 Å². The number of phenols is 1. The van der Waals surface area contributed by atoms with Gasteiger partial charge in [0.25, 0.3) is 5.56 Å². The van der Waals surface area contributed by atoms with Crippen molar-refractivity contribution in [1.82, 2.24) is 14.8 Å². The molecule has 1 amide bonds. The number of aromatic nitrogens is 1. The van der Waals surface area contributed by atoms with E-state index in [1.165, 1.54) is 0 Å². The average molecular weight is 454 g/mol. The predicted octanol–water partition coefficient (Wildman–Crippen LogP) is 2.55. The zero-order valence-corrected chi connectivity index (χ0v) is 19.6. The first-order valence-corrected chi connectivity index (χ1v) is 11.9. The summed E-state index contributed by atoms with van der Waals surface area (Å²) in [7, 11) is 3.43. The van der Waals surface area contributed by atoms with Crippen LogP contribution in [0.25, 0.3) is 0 Å². The lowest BCUT2D eigenvalue weighted by Crippen LogP contribution is -2.47. The molecule has 2 fully saturated rings. The molecule has 1 aliphatic heterocycles. The number of piperidine rings is 1. The first kappa shape index (κ1) is 23.5. The number of aryl methyl sites for hydroxylation is 2. The summed E-state index contributed by atoms with van der Waals surface area (Å²) in [5.74, 6) is 0.202. The van der Waals surface area contributed by atoms with Crippen LogP contribution < -0.4 is 10.9 Å². The van der Waals surface area contributed by atoms with E-state index in [1.54, 1.807) is 43.1 Å². The van der Waals surface area contributed by atoms with Crippen LogP contribution in [0.5, 0.6) is 5.75 Å². The van der Waals surface area contributed by atoms with Crippen molar-refractivity contribution >= 4 is 5.91 Å². The first-order valence-electron chi connectivity index (χ1n) is 11.9. The Labute approximate surface area is 195 Å². The molecule has 33 heavy (non-hydrogen) atoms. The highest BCUT2D eigenvalue weighted by Crippen LogP contribution is 2.36. The van der Waals surface area contributed by atoms with Crippen molar-refractivity contribution in [3.63, 3.8) is 0 Å². The molecule has 178 valence electrons. The molecular formula is C26H35N3O4. The Hall–Kier alpha value is -2.64. The predicted molar refractivity (Wildman–Crippen MR) is 127 cm³/mol. The molecule has 1 saturated carbocycles. The molecule has 2 heterocycles. The molecule has 0 radical (unpaired) electrons. The Bertz CT molecular complexity index is 1030. The molecule has 0 unspecified atom stereocenters. The van der Waals surface area contributed by atoms with Crippen LogP contribution in [0.4, 0.5) is 0 Å². The number of ether oxygens (including phenoxy) is 1. The van der Waals surface area contributed by atoms with E-state index < -0.39 is 0 Å². The molecule has 7 nitrogen and oxygen atoms in total. The Kier molecular flexibility index (Phi) is 7.50. The Morgan fingerprint density at radius 1 is 1.21 bits per heavy atom. The van der Waals surface area contributed by atoms with Crippen LogP contribution in [0.3, 0.4) is 0 Å². The Balaban J connectivity index is 1.54. The van der Waals surface area contributed by atoms with Gasteiger partial charge in [-0.1, -0.05) is 6.07 Å². The van der Waals surface area contributed by atoms with Crippen molar-refractivity contribution < 1.29 is 14.6 Å². The summed E-state index contributed by atoms with van der Waals surface area (Å²) in [5.41, 5.74) is 2.92. The van der Waals surface area contributed by atoms with Crippen LogP contribution in [-0.4, -0.2) is 53.3 Å². The van der Waals surface area contributed by atoms with Gasteiger partial charge in [-0.2, -0.15) is 0 Å². The first-order chi connectivity index (χ1) is 16.0. The minimum atomic E-state index is -0.204. The van der Waals surface area contributed by atoms with E-state index in [2.05, 4.69) is 11.4 Å². The van der Waals surface area contributed by atoms with Gasteiger partial charge in [0.2, 0.25) is 5.91 Å². The van der Waals surface area contributed by atoms with Gasteiger partial charge in [0, 0.05) is 52.2 Å². The zero-order valence-electron chi connectivity index (χ0n) is 19.6. The fraction of sp³-hybridized carbons (Fsp3) is 0.538. The van der Waals surface area contributed by atoms with Gasteiger partial charge in [-0.3, -0.25) is 9.59 Å². The third kappa shape index (κ3) is 5.84. The Morgan fingerprint density at radius 2 is 2.00 bits per heavy atom. The number of amides is 1. The quantitative estimate of drug-likeness (QED) is 0.570. The second kappa shape index (κ2) is 10.5. The van der Waals surface area contributed by atoms with E-state index in [1.807, 2.05) is 11.0 Å². The molecule has 4 rings (SSSR count). The smallest absolute Gasteiger partial charge is 0.250 e. The summed E-state index contributed by atoms with van der Waals surface area (Å²) < 4.78 is 6.70. The highest BCUT2D eigenvalue weighted by atomic mass is 16.5. The number of methoxy groups -OCH3 is 1. The largest absolute Gasteiger partial charge is 0.508 e. The third-order valence-corrected chi connectivity index (χ3v) is 6.83. The lowest BCUT2D eigenvalue weighted by atomic mass is 9.80. The highest BCUT2D eigenvalue weighted by Gasteiger charge is 2.40. The minimum Gasteiger partial charge on any atom is -0.508 e. The monoisotopic (exact) mass is 453 g/mol. The van der Waals surface area contributed by atoms with Gasteiger partial charge >= 0.3 is 0 Å². The van der Waals surface area contributed by atoms with Crippen LogP contribution >= 0.6 is 0 Å². The summed E-state index contributed by atoms with van der Waals surface area (Å²) in [4.78, 5) is 28.1. The van der Waals surface area contributed by atoms with Crippen molar-refractivity contribution in [1.29, 1.82) is 0 Å². The SMILES string of the molecule is COCCCc1cc(O)cc(CN(C(=O)[C@H]2CNCC[C@@H]2c2ccn(C)c(=O)c2)C2CC2)c1. The highest BCUT2D eigenvalue weighted by molar-refractivity contribution is 5.81. The normalized spacial score (nSPS) is 20.5. The van der Waals surface area contributed by atoms with E-state index >= 15 is 0 Å². The van der Waals surface area contributed by atoms with Crippen LogP contribution in [0.2, 0.25) is 0 Å². The number of rotatable bonds is 9. The molecule has 0 bridgehead atoms. The van der Waals surface area contributed by atoms with Crippen LogP contribution in [-0.2, 0) is 29.5 Å². The number of nitrogens with zero attached hydrogens (tertiary/aromatic N) is 2. The fourth-order valence-electron chi connectivity index (χ4n) is 4.89. The molecular weight excluding hydrogens is 418 g/mol. The van der Waals surface area contributed by atoms with Crippen molar-refractivity contribution in [2.75, 3.05) is 26.8 Å². The zero-order chi connectivity index (χ0) is 23.4. The maximum atomic E-state index is 13.8. The number of benzene rings is 1. The van der Waals surface area contributed by atoms with E-state index in [0.717, 1.165) is 55.3 Å². The maximum absolute atomic E-state index is 13.8. The van der Waals surface area contributed by atoms with Gasteiger partial charge in [0.05, 0.1) is 5.92 Å². The topological polar surface area (TPSA) is 83.8 Å². The van der Waals surface area contributed by atoms with Crippen LogP contribution in [0.1, 0.15) is 48.3 Å². The molecule has 1 saturated heterocycles. The summed E-state index contributed by atoms with van der Waals surface area (Å²) in [5, 5.41) is 13.7. The number of nitrogens with one attached hydrogen (secondary N) is 1. The second-order valence-electron chi connectivity index (χ2n) is 9.42. The number of carbonyl (C=O) groups excluding carboxylic acids is 1. The number of pyridine rings is 1. The minimum absolute atomic E-state index is 0.0303. The third-order valence-electron chi connectivity index (χ3n) is 6.83. The van der Waals surface area contributed by atoms with Gasteiger partial charge in [0.15, 0.2) is 0 Å². The summed E-state index contributed by atoms with van der Waals surface area (Å²) in [6, 6.07) is 9.55. The number of hydrogen-bond donors (Lipinski definition) is 2. The lowest BCUT2D eigenvalue weighted by molar-refractivity contribution is -0.138. The number of phenolic OH excluding ortho intramolecular Hbond substituents is 1. The van der Waals surface area contributed by atoms with Gasteiger partial charge in [0.1, 0.15) is 5.75 Å². The maximum Gasteiger partial charge on any atom is 0.250 e. The van der Waals surface area contributed by atoms with Gasteiger partial charge in [-0.15, -0.1) is 0 Å². The summed E-state index contributed by atoms with van der Waals surface area (Å²) in [6.07, 6.45) is 6.36. The Morgan fingerprint density at radius 3 is 2.73 bits per heavy atom. The van der Waals surface area contributed by atoms with Crippen LogP contribution in [0, 0.1) is 5.92 Å². The van der Waals surface area contributed by atoms with E-state index in [4.69, 9.17) is 4.74 Å². The average Bonchev–Trinajstić information content (AvgIpc) is 3.64. The molecule has 0 spiro atoms. The van der Waals surface area contributed by atoms with Crippen LogP contribution in [0.15, 0.2) is 41.3 Å². The molecule has 1 aromatic carbocycles. The van der Waals surface area contributed by atoms with E-state index in [0.29, 0.717) is 19.7 Å². The fourth-order valence-corrected chi connectivity index (χ4v) is 4.89. The van der Waals surface area contributed by atoms with Gasteiger partial charge < -0.3 is 24.6 Å². The second-order valence-corrected chi connectivity index (χ2v) is 9.42. The van der Waals surface area contributed by atoms with Gasteiger partial charge in [-0.05, 0) is 79.5 Å². The van der Waals surface area contributed by atoms with E-state index in [9.17, 15) is 14.7 Å². The van der Waals surface area contributed by atoms with Crippen molar-refractivity contribution in [2.45, 2.75) is 50.6 Å². The molecule has 1 aromatic heterocycles. The summed E-state index contributed by atoms with van der Waals surface area (Å²) in [6.45, 7) is 2.63.